The second-order valence-corrected chi connectivity index (χ2v) is 5.68. The van der Waals surface area contributed by atoms with Gasteiger partial charge in [-0.1, -0.05) is 24.3 Å². The number of carbonyl (C=O) groups excluding carboxylic acids is 1. The molecule has 0 bridgehead atoms. The van der Waals surface area contributed by atoms with Crippen LogP contribution in [0, 0.1) is 13.8 Å². The molecule has 5 heteroatoms. The first-order chi connectivity index (χ1) is 11.4. The number of ether oxygens (including phenoxy) is 1. The Morgan fingerprint density at radius 2 is 1.79 bits per heavy atom. The smallest absolute Gasteiger partial charge is 0.333 e. The molecule has 0 radical (unpaired) electrons. The van der Waals surface area contributed by atoms with Crippen molar-refractivity contribution in [3.05, 3.63) is 65.2 Å². The van der Waals surface area contributed by atoms with E-state index in [1.165, 1.54) is 0 Å². The Kier molecular flexibility index (Phi) is 5.47. The van der Waals surface area contributed by atoms with E-state index in [4.69, 9.17) is 4.74 Å². The molecule has 0 saturated carbocycles. The molecule has 1 N–H and O–H groups in total. The number of aryl methyl sites for hydroxylation is 2. The number of phenols is 1. The third kappa shape index (κ3) is 4.52. The second kappa shape index (κ2) is 7.55. The van der Waals surface area contributed by atoms with Gasteiger partial charge in [0.1, 0.15) is 18.0 Å². The lowest BCUT2D eigenvalue weighted by molar-refractivity contribution is -0.140. The number of phenolic OH excluding ortho intramolecular Hbond substituents is 1. The summed E-state index contributed by atoms with van der Waals surface area (Å²) in [6.07, 6.45) is 0. The van der Waals surface area contributed by atoms with Crippen LogP contribution in [0.2, 0.25) is 0 Å². The summed E-state index contributed by atoms with van der Waals surface area (Å²) < 4.78 is 5.09. The number of benzene rings is 2. The van der Waals surface area contributed by atoms with Crippen molar-refractivity contribution in [2.24, 2.45) is 10.2 Å². The molecule has 5 nitrogen and oxygen atoms in total. The van der Waals surface area contributed by atoms with E-state index < -0.39 is 5.97 Å². The van der Waals surface area contributed by atoms with Gasteiger partial charge in [-0.25, -0.2) is 4.79 Å². The minimum Gasteiger partial charge on any atom is -0.505 e. The van der Waals surface area contributed by atoms with Gasteiger partial charge in [0, 0.05) is 11.1 Å². The molecule has 0 spiro atoms. The van der Waals surface area contributed by atoms with Crippen LogP contribution in [0.15, 0.2) is 58.8 Å². The number of carbonyl (C=O) groups is 1. The van der Waals surface area contributed by atoms with E-state index in [2.05, 4.69) is 16.8 Å². The van der Waals surface area contributed by atoms with E-state index in [0.717, 1.165) is 11.1 Å². The van der Waals surface area contributed by atoms with Crippen LogP contribution in [0.5, 0.6) is 5.75 Å². The predicted octanol–water partition coefficient (Wildman–Crippen LogP) is 5.04. The van der Waals surface area contributed by atoms with Crippen molar-refractivity contribution in [2.45, 2.75) is 27.4 Å². The standard InChI is InChI=1S/C19H20N2O3/c1-12(2)19(23)24-11-15-9-14(4)10-17(18(15)22)21-20-16-7-5-13(3)6-8-16/h5-10,22H,1,11H2,2-4H3/b21-20+. The minimum absolute atomic E-state index is 0.0493. The fourth-order valence-electron chi connectivity index (χ4n) is 2.01. The number of esters is 1. The molecule has 124 valence electrons. The maximum atomic E-state index is 11.5. The van der Waals surface area contributed by atoms with Gasteiger partial charge in [0.2, 0.25) is 0 Å². The zero-order chi connectivity index (χ0) is 17.7. The average molecular weight is 324 g/mol. The quantitative estimate of drug-likeness (QED) is 0.475. The van der Waals surface area contributed by atoms with Crippen LogP contribution in [-0.2, 0) is 16.1 Å². The molecule has 0 unspecified atom stereocenters. The Labute approximate surface area is 141 Å². The lowest BCUT2D eigenvalue weighted by atomic mass is 10.1. The highest BCUT2D eigenvalue weighted by atomic mass is 16.5. The topological polar surface area (TPSA) is 71.2 Å². The molecule has 24 heavy (non-hydrogen) atoms. The fourth-order valence-corrected chi connectivity index (χ4v) is 2.01. The molecule has 0 fully saturated rings. The van der Waals surface area contributed by atoms with Crippen molar-refractivity contribution in [3.63, 3.8) is 0 Å². The molecule has 0 saturated heterocycles. The van der Waals surface area contributed by atoms with E-state index in [1.54, 1.807) is 19.1 Å². The van der Waals surface area contributed by atoms with Crippen LogP contribution in [0.25, 0.3) is 0 Å². The summed E-state index contributed by atoms with van der Waals surface area (Å²) in [5.74, 6) is -0.551. The Balaban J connectivity index is 2.22. The maximum absolute atomic E-state index is 11.5. The first-order valence-corrected chi connectivity index (χ1v) is 7.50. The van der Waals surface area contributed by atoms with Crippen molar-refractivity contribution < 1.29 is 14.6 Å². The molecular formula is C19H20N2O3. The first-order valence-electron chi connectivity index (χ1n) is 7.50. The van der Waals surface area contributed by atoms with Crippen LogP contribution in [0.1, 0.15) is 23.6 Å². The van der Waals surface area contributed by atoms with Crippen molar-refractivity contribution in [3.8, 4) is 5.75 Å². The molecule has 0 heterocycles. The van der Waals surface area contributed by atoms with Crippen LogP contribution in [0.3, 0.4) is 0 Å². The number of nitrogens with zero attached hydrogens (tertiary/aromatic N) is 2. The average Bonchev–Trinajstić information content (AvgIpc) is 2.55. The van der Waals surface area contributed by atoms with Gasteiger partial charge in [-0.3, -0.25) is 0 Å². The molecule has 2 aromatic carbocycles. The largest absolute Gasteiger partial charge is 0.505 e. The van der Waals surface area contributed by atoms with Crippen LogP contribution in [0.4, 0.5) is 11.4 Å². The molecule has 0 amide bonds. The summed E-state index contributed by atoms with van der Waals surface area (Å²) in [7, 11) is 0. The van der Waals surface area contributed by atoms with E-state index in [0.29, 0.717) is 22.5 Å². The molecular weight excluding hydrogens is 304 g/mol. The van der Waals surface area contributed by atoms with Crippen molar-refractivity contribution in [1.29, 1.82) is 0 Å². The maximum Gasteiger partial charge on any atom is 0.333 e. The van der Waals surface area contributed by atoms with Gasteiger partial charge in [0.05, 0.1) is 5.69 Å². The number of hydrogen-bond donors (Lipinski definition) is 1. The molecule has 0 atom stereocenters. The SMILES string of the molecule is C=C(C)C(=O)OCc1cc(C)cc(/N=N/c2ccc(C)cc2)c1O. The Morgan fingerprint density at radius 3 is 2.42 bits per heavy atom. The molecule has 2 aromatic rings. The fraction of sp³-hybridized carbons (Fsp3) is 0.211. The third-order valence-corrected chi connectivity index (χ3v) is 3.33. The van der Waals surface area contributed by atoms with Gasteiger partial charge in [-0.15, -0.1) is 5.11 Å². The minimum atomic E-state index is -0.501. The van der Waals surface area contributed by atoms with Gasteiger partial charge in [0.15, 0.2) is 0 Å². The normalized spacial score (nSPS) is 10.8. The van der Waals surface area contributed by atoms with E-state index in [-0.39, 0.29) is 12.4 Å². The summed E-state index contributed by atoms with van der Waals surface area (Å²) in [4.78, 5) is 11.5. The summed E-state index contributed by atoms with van der Waals surface area (Å²) in [5, 5.41) is 18.6. The number of aromatic hydroxyl groups is 1. The Bertz CT molecular complexity index is 793. The number of azo groups is 1. The van der Waals surface area contributed by atoms with Gasteiger partial charge < -0.3 is 9.84 Å². The number of rotatable bonds is 5. The van der Waals surface area contributed by atoms with Crippen molar-refractivity contribution in [2.75, 3.05) is 0 Å². The highest BCUT2D eigenvalue weighted by Gasteiger charge is 2.11. The molecule has 0 aliphatic heterocycles. The second-order valence-electron chi connectivity index (χ2n) is 5.68. The van der Waals surface area contributed by atoms with Gasteiger partial charge in [0.25, 0.3) is 0 Å². The Hall–Kier alpha value is -2.95. The van der Waals surface area contributed by atoms with Gasteiger partial charge >= 0.3 is 5.97 Å². The van der Waals surface area contributed by atoms with Crippen LogP contribution < -0.4 is 0 Å². The molecule has 0 aliphatic carbocycles. The predicted molar refractivity (Wildman–Crippen MR) is 92.8 cm³/mol. The van der Waals surface area contributed by atoms with Gasteiger partial charge in [-0.05, 0) is 50.6 Å². The molecule has 0 aliphatic rings. The summed E-state index contributed by atoms with van der Waals surface area (Å²) in [6, 6.07) is 11.0. The van der Waals surface area contributed by atoms with Gasteiger partial charge in [-0.2, -0.15) is 5.11 Å². The van der Waals surface area contributed by atoms with Crippen molar-refractivity contribution in [1.82, 2.24) is 0 Å². The third-order valence-electron chi connectivity index (χ3n) is 3.33. The van der Waals surface area contributed by atoms with E-state index in [9.17, 15) is 9.90 Å². The van der Waals surface area contributed by atoms with E-state index >= 15 is 0 Å². The zero-order valence-electron chi connectivity index (χ0n) is 14.0. The highest BCUT2D eigenvalue weighted by Crippen LogP contribution is 2.33. The summed E-state index contributed by atoms with van der Waals surface area (Å²) in [5.41, 5.74) is 3.82. The number of hydrogen-bond acceptors (Lipinski definition) is 5. The summed E-state index contributed by atoms with van der Waals surface area (Å²) in [6.45, 7) is 8.90. The lowest BCUT2D eigenvalue weighted by Gasteiger charge is -2.09. The molecule has 0 aromatic heterocycles. The van der Waals surface area contributed by atoms with Crippen molar-refractivity contribution >= 4 is 17.3 Å². The molecule has 2 rings (SSSR count). The first kappa shape index (κ1) is 17.4. The van der Waals surface area contributed by atoms with Crippen LogP contribution >= 0.6 is 0 Å². The lowest BCUT2D eigenvalue weighted by Crippen LogP contribution is -2.05. The zero-order valence-corrected chi connectivity index (χ0v) is 14.0. The van der Waals surface area contributed by atoms with E-state index in [1.807, 2.05) is 38.1 Å². The Morgan fingerprint density at radius 1 is 1.12 bits per heavy atom. The van der Waals surface area contributed by atoms with Crippen LogP contribution in [-0.4, -0.2) is 11.1 Å². The summed E-state index contributed by atoms with van der Waals surface area (Å²) >= 11 is 0. The monoisotopic (exact) mass is 324 g/mol. The highest BCUT2D eigenvalue weighted by molar-refractivity contribution is 5.86.